The van der Waals surface area contributed by atoms with E-state index in [1.165, 1.54) is 22.5 Å². The topological polar surface area (TPSA) is 82.8 Å². The number of carbonyl (C=O) groups excluding carboxylic acids is 1. The number of esters is 1. The molecule has 2 aromatic carbocycles. The number of thiophene rings is 1. The highest BCUT2D eigenvalue weighted by molar-refractivity contribution is 7.17. The zero-order chi connectivity index (χ0) is 30.4. The molecule has 43 heavy (non-hydrogen) atoms. The van der Waals surface area contributed by atoms with Crippen molar-refractivity contribution in [2.24, 2.45) is 0 Å². The Kier molecular flexibility index (Phi) is 9.95. The van der Waals surface area contributed by atoms with Crippen LogP contribution in [0.2, 0.25) is 0 Å². The maximum atomic E-state index is 13.6. The van der Waals surface area contributed by atoms with Gasteiger partial charge in [0.1, 0.15) is 16.3 Å². The van der Waals surface area contributed by atoms with Crippen LogP contribution in [0.25, 0.3) is 10.2 Å². The van der Waals surface area contributed by atoms with Crippen LogP contribution in [0.15, 0.2) is 81.7 Å². The first-order chi connectivity index (χ1) is 20.8. The van der Waals surface area contributed by atoms with E-state index in [2.05, 4.69) is 53.4 Å². The summed E-state index contributed by atoms with van der Waals surface area (Å²) in [5.74, 6) is -0.595. The first-order valence-electron chi connectivity index (χ1n) is 15.2. The minimum absolute atomic E-state index is 0.0803. The van der Waals surface area contributed by atoms with Gasteiger partial charge in [-0.3, -0.25) is 9.36 Å². The molecule has 3 heterocycles. The number of aryl methyl sites for hydroxylation is 1. The van der Waals surface area contributed by atoms with Gasteiger partial charge in [0.15, 0.2) is 0 Å². The number of hydrogen-bond donors (Lipinski definition) is 0. The summed E-state index contributed by atoms with van der Waals surface area (Å²) in [6, 6.07) is 22.6. The van der Waals surface area contributed by atoms with Gasteiger partial charge in [-0.1, -0.05) is 60.7 Å². The molecule has 0 bridgehead atoms. The number of piperidine rings is 1. The second-order valence-electron chi connectivity index (χ2n) is 11.6. The molecule has 1 fully saturated rings. The van der Waals surface area contributed by atoms with Crippen LogP contribution in [0.4, 0.5) is 0 Å². The van der Waals surface area contributed by atoms with E-state index in [-0.39, 0.29) is 18.8 Å². The van der Waals surface area contributed by atoms with Crippen molar-refractivity contribution in [1.82, 2.24) is 14.0 Å². The number of hydrogen-bond acceptors (Lipinski definition) is 7. The Balaban J connectivity index is 1.18. The predicted molar refractivity (Wildman–Crippen MR) is 171 cm³/mol. The molecule has 2 aromatic heterocycles. The fourth-order valence-corrected chi connectivity index (χ4v) is 6.69. The predicted octanol–water partition coefficient (Wildman–Crippen LogP) is 5.57. The summed E-state index contributed by atoms with van der Waals surface area (Å²) in [6.07, 6.45) is 3.75. The molecule has 0 spiro atoms. The van der Waals surface area contributed by atoms with Crippen molar-refractivity contribution in [2.75, 3.05) is 26.2 Å². The summed E-state index contributed by atoms with van der Waals surface area (Å²) in [7, 11) is 0. The lowest BCUT2D eigenvalue weighted by Gasteiger charge is -2.34. The number of likely N-dealkylation sites (tertiary alicyclic amines) is 1. The Morgan fingerprint density at radius 2 is 1.53 bits per heavy atom. The van der Waals surface area contributed by atoms with Gasteiger partial charge < -0.3 is 14.4 Å². The van der Waals surface area contributed by atoms with Crippen LogP contribution >= 0.6 is 11.3 Å². The van der Waals surface area contributed by atoms with Gasteiger partial charge >= 0.3 is 11.7 Å². The van der Waals surface area contributed by atoms with Gasteiger partial charge in [-0.05, 0) is 75.6 Å². The molecular formula is C34H41N3O5S. The van der Waals surface area contributed by atoms with Crippen LogP contribution in [0.3, 0.4) is 0 Å². The number of benzene rings is 2. The number of ether oxygens (including phenoxy) is 2. The lowest BCUT2D eigenvalue weighted by Crippen LogP contribution is -2.53. The molecule has 0 aliphatic carbocycles. The lowest BCUT2D eigenvalue weighted by molar-refractivity contribution is -0.152. The van der Waals surface area contributed by atoms with Crippen molar-refractivity contribution in [1.29, 1.82) is 0 Å². The molecule has 0 atom stereocenters. The molecule has 1 aliphatic heterocycles. The average molecular weight is 604 g/mol. The van der Waals surface area contributed by atoms with Gasteiger partial charge in [-0.25, -0.2) is 14.2 Å². The Morgan fingerprint density at radius 1 is 0.930 bits per heavy atom. The zero-order valence-electron chi connectivity index (χ0n) is 25.2. The van der Waals surface area contributed by atoms with Gasteiger partial charge in [0.2, 0.25) is 0 Å². The Bertz CT molecular complexity index is 1580. The number of nitrogens with zero attached hydrogens (tertiary/aromatic N) is 3. The van der Waals surface area contributed by atoms with Crippen molar-refractivity contribution in [3.63, 3.8) is 0 Å². The van der Waals surface area contributed by atoms with E-state index in [9.17, 15) is 14.4 Å². The molecule has 228 valence electrons. The van der Waals surface area contributed by atoms with Crippen molar-refractivity contribution in [3.8, 4) is 0 Å². The molecule has 4 aromatic rings. The molecular weight excluding hydrogens is 562 g/mol. The normalized spacial score (nSPS) is 14.9. The highest BCUT2D eigenvalue weighted by atomic mass is 32.1. The molecule has 0 radical (unpaired) electrons. The molecule has 0 saturated carbocycles. The monoisotopic (exact) mass is 603 g/mol. The zero-order valence-corrected chi connectivity index (χ0v) is 26.1. The van der Waals surface area contributed by atoms with E-state index in [0.717, 1.165) is 49.9 Å². The Hall–Kier alpha value is -3.53. The summed E-state index contributed by atoms with van der Waals surface area (Å²) >= 11 is 1.29. The number of aromatic nitrogens is 2. The van der Waals surface area contributed by atoms with Gasteiger partial charge in [0, 0.05) is 19.6 Å². The smallest absolute Gasteiger partial charge is 0.332 e. The first kappa shape index (κ1) is 30.9. The van der Waals surface area contributed by atoms with Gasteiger partial charge in [-0.15, -0.1) is 11.3 Å². The molecule has 1 aliphatic rings. The van der Waals surface area contributed by atoms with Gasteiger partial charge in [0.05, 0.1) is 18.2 Å². The fourth-order valence-electron chi connectivity index (χ4n) is 5.87. The quantitative estimate of drug-likeness (QED) is 0.156. The minimum Gasteiger partial charge on any atom is -0.464 e. The highest BCUT2D eigenvalue weighted by Gasteiger charge is 2.36. The number of unbranched alkanes of at least 4 members (excludes halogenated alkanes) is 1. The Labute approximate surface area is 256 Å². The van der Waals surface area contributed by atoms with Crippen LogP contribution < -0.4 is 11.2 Å². The average Bonchev–Trinajstić information content (AvgIpc) is 3.51. The second-order valence-corrected chi connectivity index (χ2v) is 12.5. The summed E-state index contributed by atoms with van der Waals surface area (Å²) in [6.45, 7) is 8.35. The summed E-state index contributed by atoms with van der Waals surface area (Å²) < 4.78 is 15.1. The van der Waals surface area contributed by atoms with E-state index in [1.807, 2.05) is 23.6 Å². The van der Waals surface area contributed by atoms with Crippen molar-refractivity contribution in [2.45, 2.75) is 70.7 Å². The van der Waals surface area contributed by atoms with Crippen LogP contribution in [0.1, 0.15) is 63.7 Å². The van der Waals surface area contributed by atoms with Crippen LogP contribution in [-0.2, 0) is 26.4 Å². The first-order valence-corrected chi connectivity index (χ1v) is 16.1. The molecule has 0 amide bonds. The molecule has 9 heteroatoms. The van der Waals surface area contributed by atoms with Crippen molar-refractivity contribution >= 4 is 27.5 Å². The molecule has 5 rings (SSSR count). The highest BCUT2D eigenvalue weighted by Crippen LogP contribution is 2.30. The standard InChI is InChI=1S/C34H41N3O5S/c1-4-41-32(39)34(2,3)37-31(38)30-28(19-24-43-30)36(33(37)40)21-12-11-20-35-22-17-27(18-23-35)42-29(25-13-7-5-8-14-25)26-15-9-6-10-16-26/h5-10,13-16,19,24,27,29H,4,11-12,17-18,20-23H2,1-3H3. The third-order valence-corrected chi connectivity index (χ3v) is 9.15. The van der Waals surface area contributed by atoms with Crippen molar-refractivity contribution < 1.29 is 14.3 Å². The van der Waals surface area contributed by atoms with E-state index < -0.39 is 22.8 Å². The summed E-state index contributed by atoms with van der Waals surface area (Å²) in [4.78, 5) is 42.0. The fraction of sp³-hybridized carbons (Fsp3) is 0.441. The molecule has 8 nitrogen and oxygen atoms in total. The molecule has 1 saturated heterocycles. The third kappa shape index (κ3) is 6.84. The summed E-state index contributed by atoms with van der Waals surface area (Å²) in [5.41, 5.74) is 0.636. The van der Waals surface area contributed by atoms with E-state index in [4.69, 9.17) is 9.47 Å². The molecule has 0 N–H and O–H groups in total. The maximum absolute atomic E-state index is 13.6. The second kappa shape index (κ2) is 13.8. The number of rotatable bonds is 12. The SMILES string of the molecule is CCOC(=O)C(C)(C)n1c(=O)c2sccc2n(CCCCN2CCC(OC(c3ccccc3)c3ccccc3)CC2)c1=O. The largest absolute Gasteiger partial charge is 0.464 e. The van der Waals surface area contributed by atoms with E-state index in [1.54, 1.807) is 25.3 Å². The molecule has 0 unspecified atom stereocenters. The van der Waals surface area contributed by atoms with E-state index in [0.29, 0.717) is 16.8 Å². The van der Waals surface area contributed by atoms with E-state index >= 15 is 0 Å². The Morgan fingerprint density at radius 3 is 2.14 bits per heavy atom. The van der Waals surface area contributed by atoms with Gasteiger partial charge in [-0.2, -0.15) is 0 Å². The summed E-state index contributed by atoms with van der Waals surface area (Å²) in [5, 5.41) is 1.82. The minimum atomic E-state index is -1.41. The van der Waals surface area contributed by atoms with Crippen LogP contribution in [-0.4, -0.2) is 52.3 Å². The number of carbonyl (C=O) groups is 1. The third-order valence-electron chi connectivity index (χ3n) is 8.26. The lowest BCUT2D eigenvalue weighted by atomic mass is 10.00. The maximum Gasteiger partial charge on any atom is 0.332 e. The van der Waals surface area contributed by atoms with Crippen LogP contribution in [0, 0.1) is 0 Å². The van der Waals surface area contributed by atoms with Crippen LogP contribution in [0.5, 0.6) is 0 Å². The van der Waals surface area contributed by atoms with Crippen molar-refractivity contribution in [3.05, 3.63) is 104 Å². The van der Waals surface area contributed by atoms with Gasteiger partial charge in [0.25, 0.3) is 5.56 Å². The number of fused-ring (bicyclic) bond motifs is 1.